The minimum atomic E-state index is -0.629. The van der Waals surface area contributed by atoms with E-state index in [1.165, 1.54) is 7.11 Å². The number of carbonyl (C=O) groups is 2. The molecule has 0 saturated heterocycles. The zero-order valence-electron chi connectivity index (χ0n) is 14.7. The third-order valence-electron chi connectivity index (χ3n) is 2.62. The lowest BCUT2D eigenvalue weighted by atomic mass is 10.2. The number of nitrogens with one attached hydrogen (secondary N) is 2. The summed E-state index contributed by atoms with van der Waals surface area (Å²) in [6.07, 6.45) is -0.629. The molecule has 1 amide bonds. The predicted octanol–water partition coefficient (Wildman–Crippen LogP) is 3.82. The number of amides is 1. The summed E-state index contributed by atoms with van der Waals surface area (Å²) >= 11 is 5.09. The molecule has 0 radical (unpaired) electrons. The van der Waals surface area contributed by atoms with Crippen molar-refractivity contribution in [2.75, 3.05) is 12.4 Å². The average Bonchev–Trinajstić information content (AvgIpc) is 2.50. The second-order valence-corrected chi connectivity index (χ2v) is 6.33. The van der Waals surface area contributed by atoms with E-state index in [0.29, 0.717) is 11.3 Å². The molecule has 6 nitrogen and oxygen atoms in total. The van der Waals surface area contributed by atoms with Gasteiger partial charge >= 0.3 is 12.1 Å². The highest BCUT2D eigenvalue weighted by Crippen LogP contribution is 2.07. The first-order valence-electron chi connectivity index (χ1n) is 7.54. The van der Waals surface area contributed by atoms with Crippen molar-refractivity contribution >= 4 is 35.1 Å². The van der Waals surface area contributed by atoms with E-state index in [1.54, 1.807) is 69.3 Å². The molecule has 0 aromatic heterocycles. The maximum atomic E-state index is 11.7. The topological polar surface area (TPSA) is 76.7 Å². The molecule has 0 unspecified atom stereocenters. The number of hydrogen-bond acceptors (Lipinski definition) is 5. The van der Waals surface area contributed by atoms with Gasteiger partial charge in [0.05, 0.1) is 12.7 Å². The van der Waals surface area contributed by atoms with E-state index in [4.69, 9.17) is 17.0 Å². The van der Waals surface area contributed by atoms with Gasteiger partial charge < -0.3 is 14.8 Å². The Morgan fingerprint density at radius 3 is 2.00 bits per heavy atom. The molecular weight excluding hydrogens is 340 g/mol. The summed E-state index contributed by atoms with van der Waals surface area (Å²) in [5.41, 5.74) is 0.471. The summed E-state index contributed by atoms with van der Waals surface area (Å²) in [7, 11) is 1.33. The van der Waals surface area contributed by atoms with Crippen LogP contribution in [0.2, 0.25) is 0 Å². The predicted molar refractivity (Wildman–Crippen MR) is 101 cm³/mol. The Hall–Kier alpha value is -2.67. The number of carbonyl (C=O) groups excluding carboxylic acids is 2. The largest absolute Gasteiger partial charge is 0.465 e. The fourth-order valence-corrected chi connectivity index (χ4v) is 1.85. The molecule has 0 aliphatic heterocycles. The highest BCUT2D eigenvalue weighted by molar-refractivity contribution is 7.80. The number of ether oxygens (including phenoxy) is 2. The van der Waals surface area contributed by atoms with Crippen LogP contribution < -0.4 is 10.6 Å². The van der Waals surface area contributed by atoms with Crippen LogP contribution in [0.5, 0.6) is 0 Å². The standard InChI is InChI=1S/C18H22N2O4S/c1-18(2,3)24-17(22)20-16(25)19-14-11-7-5-9-13(15(21)23-4)10-6-8-12-14/h5-12H,1-4H3,(H2,19,20,22,25). The van der Waals surface area contributed by atoms with Crippen LogP contribution in [0.4, 0.5) is 10.5 Å². The number of alkyl carbamates (subject to hydrolysis) is 1. The van der Waals surface area contributed by atoms with Crippen LogP contribution in [-0.4, -0.2) is 29.9 Å². The molecule has 0 aliphatic carbocycles. The Morgan fingerprint density at radius 1 is 1.00 bits per heavy atom. The minimum absolute atomic E-state index is 0.116. The summed E-state index contributed by atoms with van der Waals surface area (Å²) < 4.78 is 9.82. The third-order valence-corrected chi connectivity index (χ3v) is 2.82. The van der Waals surface area contributed by atoms with Crippen LogP contribution in [0.15, 0.2) is 48.5 Å². The molecule has 0 fully saturated rings. The lowest BCUT2D eigenvalue weighted by molar-refractivity contribution is 0.0561. The van der Waals surface area contributed by atoms with E-state index < -0.39 is 17.7 Å². The Kier molecular flexibility index (Phi) is 7.81. The van der Waals surface area contributed by atoms with Gasteiger partial charge in [-0.25, -0.2) is 9.59 Å². The van der Waals surface area contributed by atoms with Crippen molar-refractivity contribution < 1.29 is 19.1 Å². The number of esters is 1. The van der Waals surface area contributed by atoms with Gasteiger partial charge in [-0.2, -0.15) is 0 Å². The summed E-state index contributed by atoms with van der Waals surface area (Å²) in [6, 6.07) is 13.6. The molecule has 0 saturated carbocycles. The molecule has 7 heteroatoms. The first-order chi connectivity index (χ1) is 11.7. The van der Waals surface area contributed by atoms with Crippen LogP contribution in [-0.2, 0) is 9.47 Å². The van der Waals surface area contributed by atoms with Crippen LogP contribution in [0, 0.1) is 0 Å². The summed E-state index contributed by atoms with van der Waals surface area (Å²) in [4.78, 5) is 23.2. The molecule has 1 rings (SSSR count). The SMILES string of the molecule is COC(=O)c1ccccc(NC(=S)NC(=O)OC(C)(C)C)cccc1. The second-order valence-electron chi connectivity index (χ2n) is 5.92. The second kappa shape index (κ2) is 9.58. The molecule has 1 aromatic rings. The highest BCUT2D eigenvalue weighted by Gasteiger charge is 2.16. The maximum absolute atomic E-state index is 11.7. The van der Waals surface area contributed by atoms with Gasteiger partial charge in [0, 0.05) is 5.69 Å². The first-order valence-corrected chi connectivity index (χ1v) is 7.95. The molecule has 0 bridgehead atoms. The normalized spacial score (nSPS) is 10.1. The molecule has 0 atom stereocenters. The fraction of sp³-hybridized carbons (Fsp3) is 0.278. The van der Waals surface area contributed by atoms with Gasteiger partial charge in [-0.1, -0.05) is 24.3 Å². The van der Waals surface area contributed by atoms with Crippen molar-refractivity contribution in [3.8, 4) is 0 Å². The van der Waals surface area contributed by atoms with Crippen molar-refractivity contribution in [1.82, 2.24) is 5.32 Å². The van der Waals surface area contributed by atoms with Crippen molar-refractivity contribution in [2.45, 2.75) is 26.4 Å². The average molecular weight is 362 g/mol. The van der Waals surface area contributed by atoms with Gasteiger partial charge in [-0.05, 0) is 57.3 Å². The zero-order valence-corrected chi connectivity index (χ0v) is 15.5. The Morgan fingerprint density at radius 2 is 1.52 bits per heavy atom. The number of thiocarbonyl (C=S) groups is 1. The molecule has 134 valence electrons. The maximum Gasteiger partial charge on any atom is 0.413 e. The smallest absolute Gasteiger partial charge is 0.413 e. The van der Waals surface area contributed by atoms with Crippen molar-refractivity contribution in [2.24, 2.45) is 0 Å². The Bertz CT molecular complexity index is 670. The fourth-order valence-electron chi connectivity index (χ4n) is 1.64. The summed E-state index contributed by atoms with van der Waals surface area (Å²) in [5.74, 6) is -0.417. The van der Waals surface area contributed by atoms with Crippen molar-refractivity contribution in [3.63, 3.8) is 0 Å². The van der Waals surface area contributed by atoms with E-state index in [1.807, 2.05) is 0 Å². The summed E-state index contributed by atoms with van der Waals surface area (Å²) in [5, 5.41) is 5.46. The van der Waals surface area contributed by atoms with E-state index in [0.717, 1.165) is 0 Å². The lowest BCUT2D eigenvalue weighted by Crippen LogP contribution is -2.38. The van der Waals surface area contributed by atoms with Crippen LogP contribution >= 0.6 is 12.2 Å². The van der Waals surface area contributed by atoms with Gasteiger partial charge in [-0.3, -0.25) is 5.32 Å². The van der Waals surface area contributed by atoms with E-state index >= 15 is 0 Å². The van der Waals surface area contributed by atoms with Crippen LogP contribution in [0.3, 0.4) is 0 Å². The first kappa shape index (κ1) is 20.4. The number of methoxy groups -OCH3 is 1. The molecule has 0 spiro atoms. The van der Waals surface area contributed by atoms with Crippen LogP contribution in [0.1, 0.15) is 31.1 Å². The number of hydrogen-bond donors (Lipinski definition) is 2. The Balaban J connectivity index is 2.83. The lowest BCUT2D eigenvalue weighted by Gasteiger charge is -2.20. The zero-order chi connectivity index (χ0) is 18.9. The monoisotopic (exact) mass is 362 g/mol. The highest BCUT2D eigenvalue weighted by atomic mass is 32.1. The van der Waals surface area contributed by atoms with E-state index in [9.17, 15) is 9.59 Å². The van der Waals surface area contributed by atoms with Crippen molar-refractivity contribution in [3.05, 3.63) is 54.1 Å². The van der Waals surface area contributed by atoms with E-state index in [2.05, 4.69) is 15.4 Å². The molecular formula is C18H22N2O4S. The Labute approximate surface area is 152 Å². The molecule has 0 heterocycles. The third kappa shape index (κ3) is 8.66. The van der Waals surface area contributed by atoms with Gasteiger partial charge in [-0.15, -0.1) is 0 Å². The minimum Gasteiger partial charge on any atom is -0.465 e. The number of anilines is 1. The quantitative estimate of drug-likeness (QED) is 0.615. The van der Waals surface area contributed by atoms with Gasteiger partial charge in [0.1, 0.15) is 5.60 Å². The molecule has 0 aliphatic rings. The number of rotatable bonds is 2. The van der Waals surface area contributed by atoms with Gasteiger partial charge in [0.25, 0.3) is 0 Å². The molecule has 1 aromatic carbocycles. The van der Waals surface area contributed by atoms with Crippen LogP contribution in [0.25, 0.3) is 0 Å². The van der Waals surface area contributed by atoms with Gasteiger partial charge in [0.15, 0.2) is 5.11 Å². The van der Waals surface area contributed by atoms with Crippen molar-refractivity contribution in [1.29, 1.82) is 0 Å². The molecule has 2 N–H and O–H groups in total. The van der Waals surface area contributed by atoms with E-state index in [-0.39, 0.29) is 5.11 Å². The molecule has 25 heavy (non-hydrogen) atoms. The van der Waals surface area contributed by atoms with Gasteiger partial charge in [0.2, 0.25) is 0 Å². The summed E-state index contributed by atoms with van der Waals surface area (Å²) in [6.45, 7) is 5.30.